The number of carboxylic acids is 1. The number of halogens is 2. The number of methoxy groups -OCH3 is 1. The van der Waals surface area contributed by atoms with Crippen molar-refractivity contribution in [1.29, 1.82) is 0 Å². The van der Waals surface area contributed by atoms with Gasteiger partial charge in [-0.15, -0.1) is 0 Å². The molecule has 0 bridgehead atoms. The maximum atomic E-state index is 13.0. The van der Waals surface area contributed by atoms with Gasteiger partial charge in [0.25, 0.3) is 11.5 Å². The van der Waals surface area contributed by atoms with Crippen molar-refractivity contribution in [2.24, 2.45) is 0 Å². The van der Waals surface area contributed by atoms with Crippen LogP contribution in [-0.4, -0.2) is 33.6 Å². The number of nitrogens with one attached hydrogen (secondary N) is 1. The molecular weight excluding hydrogens is 469 g/mol. The fraction of sp³-hybridized carbons (Fsp3) is 0.130. The van der Waals surface area contributed by atoms with Crippen molar-refractivity contribution < 1.29 is 19.4 Å². The summed E-state index contributed by atoms with van der Waals surface area (Å²) in [7, 11) is 1.59. The summed E-state index contributed by atoms with van der Waals surface area (Å²) in [6.45, 7) is 0.505. The highest BCUT2D eigenvalue weighted by atomic mass is 35.5. The molecule has 2 aromatic carbocycles. The molecule has 0 atom stereocenters. The Balaban J connectivity index is 1.74. The summed E-state index contributed by atoms with van der Waals surface area (Å²) < 4.78 is 7.03. The SMILES string of the molecule is COc1ccccc1C=C1CCn2c1nc1cc(NC(=O)/C(Cl)=C(/Cl)C(=O)O)ccc1c2=O. The Hall–Kier alpha value is -3.62. The maximum absolute atomic E-state index is 13.0. The standard InChI is InChI=1S/C23H17Cl2N3O5/c1-33-17-5-3-2-4-12(17)10-13-8-9-28-20(13)27-16-11-14(6-7-15(16)22(28)30)26-21(29)18(24)19(25)23(31)32/h2-7,10-11H,8-9H2,1H3,(H,26,29)(H,31,32)/b13-10?,19-18-. The Morgan fingerprint density at radius 3 is 2.67 bits per heavy atom. The number of aliphatic carboxylic acids is 1. The van der Waals surface area contributed by atoms with E-state index in [2.05, 4.69) is 10.3 Å². The van der Waals surface area contributed by atoms with Crippen LogP contribution in [0.2, 0.25) is 0 Å². The summed E-state index contributed by atoms with van der Waals surface area (Å²) in [6.07, 6.45) is 2.58. The van der Waals surface area contributed by atoms with Gasteiger partial charge in [0.15, 0.2) is 0 Å². The monoisotopic (exact) mass is 485 g/mol. The van der Waals surface area contributed by atoms with Gasteiger partial charge < -0.3 is 15.2 Å². The second-order valence-corrected chi connectivity index (χ2v) is 7.93. The van der Waals surface area contributed by atoms with E-state index in [4.69, 9.17) is 33.0 Å². The first kappa shape index (κ1) is 22.6. The largest absolute Gasteiger partial charge is 0.496 e. The number of rotatable bonds is 5. The number of hydrogen-bond acceptors (Lipinski definition) is 5. The molecule has 0 saturated heterocycles. The molecular formula is C23H17Cl2N3O5. The van der Waals surface area contributed by atoms with Crippen LogP contribution < -0.4 is 15.6 Å². The van der Waals surface area contributed by atoms with Crippen molar-refractivity contribution in [3.05, 3.63) is 74.3 Å². The predicted octanol–water partition coefficient (Wildman–Crippen LogP) is 4.06. The first-order chi connectivity index (χ1) is 15.8. The Morgan fingerprint density at radius 2 is 1.94 bits per heavy atom. The van der Waals surface area contributed by atoms with E-state index in [1.807, 2.05) is 30.3 Å². The first-order valence-electron chi connectivity index (χ1n) is 9.78. The highest BCUT2D eigenvalue weighted by Gasteiger charge is 2.22. The number of hydrogen-bond donors (Lipinski definition) is 2. The predicted molar refractivity (Wildman–Crippen MR) is 126 cm³/mol. The lowest BCUT2D eigenvalue weighted by molar-refractivity contribution is -0.132. The third-order valence-corrected chi connectivity index (χ3v) is 5.96. The lowest BCUT2D eigenvalue weighted by Gasteiger charge is -2.09. The molecule has 168 valence electrons. The molecule has 3 aromatic rings. The van der Waals surface area contributed by atoms with Crippen LogP contribution in [0.25, 0.3) is 22.6 Å². The normalized spacial score (nSPS) is 14.7. The number of nitrogens with zero attached hydrogens (tertiary/aromatic N) is 2. The molecule has 4 rings (SSSR count). The van der Waals surface area contributed by atoms with Crippen molar-refractivity contribution in [2.45, 2.75) is 13.0 Å². The van der Waals surface area contributed by atoms with Crippen molar-refractivity contribution >= 4 is 63.3 Å². The van der Waals surface area contributed by atoms with Gasteiger partial charge in [-0.25, -0.2) is 9.78 Å². The van der Waals surface area contributed by atoms with E-state index in [1.54, 1.807) is 17.7 Å². The average molecular weight is 486 g/mol. The van der Waals surface area contributed by atoms with Crippen LogP contribution in [0.4, 0.5) is 5.69 Å². The summed E-state index contributed by atoms with van der Waals surface area (Å²) in [5.74, 6) is -1.16. The van der Waals surface area contributed by atoms with Crippen molar-refractivity contribution in [2.75, 3.05) is 12.4 Å². The molecule has 0 spiro atoms. The number of anilines is 1. The minimum atomic E-state index is -1.52. The van der Waals surface area contributed by atoms with Gasteiger partial charge >= 0.3 is 5.97 Å². The van der Waals surface area contributed by atoms with Gasteiger partial charge in [-0.3, -0.25) is 14.2 Å². The van der Waals surface area contributed by atoms with Gasteiger partial charge in [-0.2, -0.15) is 0 Å². The number of carbonyl (C=O) groups is 2. The van der Waals surface area contributed by atoms with Crippen molar-refractivity contribution in [3.63, 3.8) is 0 Å². The molecule has 10 heteroatoms. The zero-order valence-electron chi connectivity index (χ0n) is 17.3. The van der Waals surface area contributed by atoms with Crippen molar-refractivity contribution in [1.82, 2.24) is 9.55 Å². The topological polar surface area (TPSA) is 111 Å². The molecule has 0 fully saturated rings. The fourth-order valence-electron chi connectivity index (χ4n) is 3.59. The number of aromatic nitrogens is 2. The van der Waals surface area contributed by atoms with Gasteiger partial charge in [-0.1, -0.05) is 41.4 Å². The molecule has 8 nitrogen and oxygen atoms in total. The molecule has 1 aromatic heterocycles. The smallest absolute Gasteiger partial charge is 0.349 e. The second kappa shape index (κ2) is 9.09. The van der Waals surface area contributed by atoms with Gasteiger partial charge in [0.1, 0.15) is 21.6 Å². The van der Waals surface area contributed by atoms with Gasteiger partial charge in [-0.05, 0) is 42.3 Å². The van der Waals surface area contributed by atoms with E-state index >= 15 is 0 Å². The van der Waals surface area contributed by atoms with E-state index in [9.17, 15) is 14.4 Å². The number of carbonyl (C=O) groups excluding carboxylic acids is 1. The molecule has 1 aliphatic rings. The summed E-state index contributed by atoms with van der Waals surface area (Å²) >= 11 is 11.3. The van der Waals surface area contributed by atoms with Crippen LogP contribution >= 0.6 is 23.2 Å². The lowest BCUT2D eigenvalue weighted by atomic mass is 10.1. The molecule has 0 unspecified atom stereocenters. The Morgan fingerprint density at radius 1 is 1.18 bits per heavy atom. The number of para-hydroxylation sites is 1. The van der Waals surface area contributed by atoms with Crippen LogP contribution in [0, 0.1) is 0 Å². The number of benzene rings is 2. The third kappa shape index (κ3) is 4.35. The number of fused-ring (bicyclic) bond motifs is 2. The maximum Gasteiger partial charge on any atom is 0.349 e. The second-order valence-electron chi connectivity index (χ2n) is 7.17. The van der Waals surface area contributed by atoms with Gasteiger partial charge in [0, 0.05) is 17.8 Å². The van der Waals surface area contributed by atoms with E-state index in [-0.39, 0.29) is 11.2 Å². The lowest BCUT2D eigenvalue weighted by Crippen LogP contribution is -2.21. The minimum Gasteiger partial charge on any atom is -0.496 e. The highest BCUT2D eigenvalue weighted by molar-refractivity contribution is 6.54. The number of ether oxygens (including phenoxy) is 1. The summed E-state index contributed by atoms with van der Waals surface area (Å²) in [5, 5.41) is 10.3. The summed E-state index contributed by atoms with van der Waals surface area (Å²) in [5.41, 5.74) is 2.22. The fourth-order valence-corrected chi connectivity index (χ4v) is 3.80. The molecule has 2 N–H and O–H groups in total. The van der Waals surface area contributed by atoms with E-state index < -0.39 is 21.9 Å². The minimum absolute atomic E-state index is 0.192. The van der Waals surface area contributed by atoms with E-state index in [0.717, 1.165) is 11.1 Å². The quantitative estimate of drug-likeness (QED) is 0.527. The molecule has 33 heavy (non-hydrogen) atoms. The molecule has 2 heterocycles. The molecule has 1 aliphatic heterocycles. The average Bonchev–Trinajstić information content (AvgIpc) is 3.21. The number of allylic oxidation sites excluding steroid dienone is 1. The summed E-state index contributed by atoms with van der Waals surface area (Å²) in [4.78, 5) is 40.8. The third-order valence-electron chi connectivity index (χ3n) is 5.15. The molecule has 0 saturated carbocycles. The first-order valence-corrected chi connectivity index (χ1v) is 10.5. The molecule has 0 radical (unpaired) electrons. The Bertz CT molecular complexity index is 1430. The summed E-state index contributed by atoms with van der Waals surface area (Å²) in [6, 6.07) is 12.1. The highest BCUT2D eigenvalue weighted by Crippen LogP contribution is 2.30. The Labute approximate surface area is 197 Å². The van der Waals surface area contributed by atoms with Crippen LogP contribution in [0.3, 0.4) is 0 Å². The van der Waals surface area contributed by atoms with Crippen LogP contribution in [0.1, 0.15) is 17.8 Å². The zero-order chi connectivity index (χ0) is 23.7. The van der Waals surface area contributed by atoms with Crippen LogP contribution in [-0.2, 0) is 16.1 Å². The zero-order valence-corrected chi connectivity index (χ0v) is 18.8. The molecule has 0 aliphatic carbocycles. The Kier molecular flexibility index (Phi) is 6.22. The molecule has 1 amide bonds. The van der Waals surface area contributed by atoms with E-state index in [0.29, 0.717) is 35.4 Å². The van der Waals surface area contributed by atoms with Crippen LogP contribution in [0.15, 0.2) is 57.3 Å². The van der Waals surface area contributed by atoms with Crippen molar-refractivity contribution in [3.8, 4) is 5.75 Å². The number of carboxylic acid groups (broad SMARTS) is 1. The van der Waals surface area contributed by atoms with Gasteiger partial charge in [0.2, 0.25) is 0 Å². The van der Waals surface area contributed by atoms with Crippen LogP contribution in [0.5, 0.6) is 5.75 Å². The van der Waals surface area contributed by atoms with Gasteiger partial charge in [0.05, 0.1) is 18.0 Å². The number of amides is 1. The van der Waals surface area contributed by atoms with E-state index in [1.165, 1.54) is 12.1 Å².